The maximum atomic E-state index is 11.9. The minimum atomic E-state index is 0. The molecule has 0 radical (unpaired) electrons. The van der Waals surface area contributed by atoms with Crippen molar-refractivity contribution in [3.63, 3.8) is 0 Å². The second-order valence-corrected chi connectivity index (χ2v) is 7.02. The van der Waals surface area contributed by atoms with Crippen LogP contribution in [-0.4, -0.2) is 18.5 Å². The van der Waals surface area contributed by atoms with E-state index in [9.17, 15) is 4.79 Å². The van der Waals surface area contributed by atoms with Gasteiger partial charge in [-0.2, -0.15) is 0 Å². The third-order valence-corrected chi connectivity index (χ3v) is 5.03. The highest BCUT2D eigenvalue weighted by Crippen LogP contribution is 2.25. The second-order valence-electron chi connectivity index (χ2n) is 5.22. The van der Waals surface area contributed by atoms with E-state index >= 15 is 0 Å². The Morgan fingerprint density at radius 2 is 2.15 bits per heavy atom. The van der Waals surface area contributed by atoms with E-state index in [1.807, 2.05) is 12.1 Å². The van der Waals surface area contributed by atoms with Crippen LogP contribution in [-0.2, 0) is 11.2 Å². The number of nitrogens with one attached hydrogen (secondary N) is 1. The Balaban J connectivity index is 0.00000200. The van der Waals surface area contributed by atoms with Gasteiger partial charge in [-0.25, -0.2) is 0 Å². The summed E-state index contributed by atoms with van der Waals surface area (Å²) < 4.78 is 0.800. The van der Waals surface area contributed by atoms with Crippen LogP contribution in [0.15, 0.2) is 12.1 Å². The largest absolute Gasteiger partial charge is 0.356 e. The molecule has 1 fully saturated rings. The van der Waals surface area contributed by atoms with Crippen molar-refractivity contribution in [2.24, 2.45) is 11.7 Å². The lowest BCUT2D eigenvalue weighted by Gasteiger charge is -2.27. The molecule has 1 saturated carbocycles. The van der Waals surface area contributed by atoms with Gasteiger partial charge in [0.05, 0.1) is 4.34 Å². The minimum Gasteiger partial charge on any atom is -0.356 e. The number of hydrogen-bond acceptors (Lipinski definition) is 3. The first kappa shape index (κ1) is 17.8. The van der Waals surface area contributed by atoms with E-state index in [2.05, 4.69) is 5.32 Å². The highest BCUT2D eigenvalue weighted by atomic mass is 35.5. The van der Waals surface area contributed by atoms with Gasteiger partial charge < -0.3 is 11.1 Å². The zero-order valence-electron chi connectivity index (χ0n) is 11.4. The SMILES string of the molecule is Cl.NC1CCCCC1CC(=O)NCCc1ccc(Cl)s1. The summed E-state index contributed by atoms with van der Waals surface area (Å²) >= 11 is 7.43. The maximum Gasteiger partial charge on any atom is 0.220 e. The van der Waals surface area contributed by atoms with Crippen LogP contribution in [0.25, 0.3) is 0 Å². The molecule has 3 nitrogen and oxygen atoms in total. The summed E-state index contributed by atoms with van der Waals surface area (Å²) in [5.74, 6) is 0.495. The Morgan fingerprint density at radius 3 is 2.80 bits per heavy atom. The Hall–Kier alpha value is -0.290. The smallest absolute Gasteiger partial charge is 0.220 e. The quantitative estimate of drug-likeness (QED) is 0.865. The van der Waals surface area contributed by atoms with E-state index in [0.29, 0.717) is 18.9 Å². The lowest BCUT2D eigenvalue weighted by atomic mass is 9.83. The van der Waals surface area contributed by atoms with Crippen molar-refractivity contribution in [1.29, 1.82) is 0 Å². The van der Waals surface area contributed by atoms with Crippen LogP contribution < -0.4 is 11.1 Å². The Bertz CT molecular complexity index is 425. The summed E-state index contributed by atoms with van der Waals surface area (Å²) in [6, 6.07) is 4.11. The zero-order chi connectivity index (χ0) is 13.7. The van der Waals surface area contributed by atoms with E-state index in [1.54, 1.807) is 11.3 Å². The lowest BCUT2D eigenvalue weighted by Crippen LogP contribution is -2.37. The minimum absolute atomic E-state index is 0. The second kappa shape index (κ2) is 8.88. The third kappa shape index (κ3) is 5.60. The number of rotatable bonds is 5. The molecule has 2 rings (SSSR count). The fraction of sp³-hybridized carbons (Fsp3) is 0.643. The number of amides is 1. The van der Waals surface area contributed by atoms with Crippen LogP contribution in [0.2, 0.25) is 4.34 Å². The third-order valence-electron chi connectivity index (χ3n) is 3.74. The molecule has 0 saturated heterocycles. The van der Waals surface area contributed by atoms with Crippen molar-refractivity contribution in [1.82, 2.24) is 5.32 Å². The molecule has 1 amide bonds. The van der Waals surface area contributed by atoms with Crippen molar-refractivity contribution in [3.8, 4) is 0 Å². The molecule has 3 N–H and O–H groups in total. The van der Waals surface area contributed by atoms with Gasteiger partial charge in [-0.1, -0.05) is 24.4 Å². The molecule has 2 unspecified atom stereocenters. The van der Waals surface area contributed by atoms with Gasteiger partial charge in [-0.05, 0) is 37.3 Å². The Labute approximate surface area is 135 Å². The van der Waals surface area contributed by atoms with Crippen LogP contribution in [0.3, 0.4) is 0 Å². The van der Waals surface area contributed by atoms with Crippen LogP contribution in [0.4, 0.5) is 0 Å². The fourth-order valence-electron chi connectivity index (χ4n) is 2.61. The first-order valence-electron chi connectivity index (χ1n) is 6.91. The number of hydrogen-bond donors (Lipinski definition) is 2. The summed E-state index contributed by atoms with van der Waals surface area (Å²) in [6.45, 7) is 0.678. The van der Waals surface area contributed by atoms with Gasteiger partial charge in [-0.3, -0.25) is 4.79 Å². The lowest BCUT2D eigenvalue weighted by molar-refractivity contribution is -0.122. The molecule has 1 aliphatic rings. The van der Waals surface area contributed by atoms with Crippen LogP contribution >= 0.6 is 35.3 Å². The van der Waals surface area contributed by atoms with E-state index in [4.69, 9.17) is 17.3 Å². The van der Waals surface area contributed by atoms with Gasteiger partial charge in [0.25, 0.3) is 0 Å². The highest BCUT2D eigenvalue weighted by molar-refractivity contribution is 7.16. The molecule has 6 heteroatoms. The van der Waals surface area contributed by atoms with Crippen molar-refractivity contribution < 1.29 is 4.79 Å². The normalized spacial score (nSPS) is 22.1. The predicted octanol–water partition coefficient (Wildman–Crippen LogP) is 3.39. The van der Waals surface area contributed by atoms with Gasteiger partial charge in [0.15, 0.2) is 0 Å². The average molecular weight is 337 g/mol. The summed E-state index contributed by atoms with van der Waals surface area (Å²) in [7, 11) is 0. The molecule has 0 aromatic carbocycles. The van der Waals surface area contributed by atoms with Gasteiger partial charge >= 0.3 is 0 Å². The van der Waals surface area contributed by atoms with Gasteiger partial charge in [0.2, 0.25) is 5.91 Å². The Morgan fingerprint density at radius 1 is 1.40 bits per heavy atom. The van der Waals surface area contributed by atoms with Crippen LogP contribution in [0.1, 0.15) is 37.0 Å². The van der Waals surface area contributed by atoms with E-state index in [0.717, 1.165) is 23.6 Å². The topological polar surface area (TPSA) is 55.1 Å². The monoisotopic (exact) mass is 336 g/mol. The van der Waals surface area contributed by atoms with E-state index < -0.39 is 0 Å². The molecule has 2 atom stereocenters. The molecule has 1 heterocycles. The molecule has 1 aromatic rings. The van der Waals surface area contributed by atoms with Crippen molar-refractivity contribution in [2.45, 2.75) is 44.6 Å². The maximum absolute atomic E-state index is 11.9. The van der Waals surface area contributed by atoms with Crippen LogP contribution in [0, 0.1) is 5.92 Å². The highest BCUT2D eigenvalue weighted by Gasteiger charge is 2.23. The predicted molar refractivity (Wildman–Crippen MR) is 87.8 cm³/mol. The number of thiophene rings is 1. The number of halogens is 2. The van der Waals surface area contributed by atoms with Gasteiger partial charge in [-0.15, -0.1) is 23.7 Å². The summed E-state index contributed by atoms with van der Waals surface area (Å²) in [6.07, 6.45) is 5.99. The molecule has 114 valence electrons. The van der Waals surface area contributed by atoms with Crippen molar-refractivity contribution in [3.05, 3.63) is 21.3 Å². The molecule has 1 aliphatic carbocycles. The molecule has 0 aliphatic heterocycles. The van der Waals surface area contributed by atoms with Gasteiger partial charge in [0.1, 0.15) is 0 Å². The van der Waals surface area contributed by atoms with Crippen molar-refractivity contribution >= 4 is 41.3 Å². The Kier molecular flexibility index (Phi) is 7.88. The van der Waals surface area contributed by atoms with E-state index in [1.165, 1.54) is 17.7 Å². The number of carbonyl (C=O) groups excluding carboxylic acids is 1. The molecule has 20 heavy (non-hydrogen) atoms. The first-order valence-corrected chi connectivity index (χ1v) is 8.11. The summed E-state index contributed by atoms with van der Waals surface area (Å²) in [5.41, 5.74) is 6.06. The fourth-order valence-corrected chi connectivity index (χ4v) is 3.70. The number of nitrogens with two attached hydrogens (primary N) is 1. The van der Waals surface area contributed by atoms with E-state index in [-0.39, 0.29) is 24.4 Å². The van der Waals surface area contributed by atoms with Crippen molar-refractivity contribution in [2.75, 3.05) is 6.54 Å². The summed E-state index contributed by atoms with van der Waals surface area (Å²) in [4.78, 5) is 13.1. The molecule has 0 bridgehead atoms. The molecular formula is C14H22Cl2N2OS. The zero-order valence-corrected chi connectivity index (χ0v) is 13.8. The average Bonchev–Trinajstić information content (AvgIpc) is 2.78. The van der Waals surface area contributed by atoms with Gasteiger partial charge in [0, 0.05) is 23.9 Å². The summed E-state index contributed by atoms with van der Waals surface area (Å²) in [5, 5.41) is 2.98. The van der Waals surface area contributed by atoms with Crippen LogP contribution in [0.5, 0.6) is 0 Å². The molecular weight excluding hydrogens is 315 g/mol. The first-order chi connectivity index (χ1) is 9.15. The number of carbonyl (C=O) groups is 1. The molecule has 1 aromatic heterocycles. The molecule has 0 spiro atoms. The standard InChI is InChI=1S/C14H21ClN2OS.ClH/c15-13-6-5-11(19-13)7-8-17-14(18)9-10-3-1-2-4-12(10)16;/h5-6,10,12H,1-4,7-9,16H2,(H,17,18);1H.